The number of amides is 2. The summed E-state index contributed by atoms with van der Waals surface area (Å²) in [5.74, 6) is 0. The second-order valence-electron chi connectivity index (χ2n) is 5.85. The van der Waals surface area contributed by atoms with Crippen molar-refractivity contribution in [3.63, 3.8) is 0 Å². The lowest BCUT2D eigenvalue weighted by atomic mass is 10.2. The fourth-order valence-corrected chi connectivity index (χ4v) is 2.60. The zero-order chi connectivity index (χ0) is 17.0. The van der Waals surface area contributed by atoms with Gasteiger partial charge in [0.2, 0.25) is 0 Å². The summed E-state index contributed by atoms with van der Waals surface area (Å²) >= 11 is 0. The van der Waals surface area contributed by atoms with Crippen molar-refractivity contribution in [1.29, 1.82) is 0 Å². The van der Waals surface area contributed by atoms with Crippen LogP contribution in [0.25, 0.3) is 0 Å². The minimum Gasteiger partial charge on any atom is -0.334 e. The van der Waals surface area contributed by atoms with Gasteiger partial charge in [-0.1, -0.05) is 0 Å². The molecule has 23 heavy (non-hydrogen) atoms. The van der Waals surface area contributed by atoms with Crippen molar-refractivity contribution in [2.24, 2.45) is 0 Å². The molecular formula is C13H21F3N6O. The van der Waals surface area contributed by atoms with Crippen molar-refractivity contribution in [3.05, 3.63) is 12.7 Å². The minimum atomic E-state index is -4.22. The molecular weight excluding hydrogens is 313 g/mol. The van der Waals surface area contributed by atoms with Gasteiger partial charge >= 0.3 is 12.2 Å². The average molecular weight is 334 g/mol. The topological polar surface area (TPSA) is 66.3 Å². The Morgan fingerprint density at radius 1 is 1.43 bits per heavy atom. The van der Waals surface area contributed by atoms with Gasteiger partial charge in [0.1, 0.15) is 12.7 Å². The van der Waals surface area contributed by atoms with E-state index in [0.717, 1.165) is 0 Å². The van der Waals surface area contributed by atoms with Gasteiger partial charge in [0.25, 0.3) is 0 Å². The number of nitrogens with zero attached hydrogens (tertiary/aromatic N) is 5. The van der Waals surface area contributed by atoms with Crippen LogP contribution >= 0.6 is 0 Å². The highest BCUT2D eigenvalue weighted by molar-refractivity contribution is 5.74. The first-order valence-corrected chi connectivity index (χ1v) is 7.43. The van der Waals surface area contributed by atoms with E-state index < -0.39 is 12.7 Å². The van der Waals surface area contributed by atoms with Gasteiger partial charge in [-0.2, -0.15) is 18.3 Å². The van der Waals surface area contributed by atoms with Crippen LogP contribution in [-0.2, 0) is 6.54 Å². The number of alkyl halides is 3. The van der Waals surface area contributed by atoms with Gasteiger partial charge in [0.05, 0.1) is 13.1 Å². The van der Waals surface area contributed by atoms with E-state index in [1.54, 1.807) is 22.8 Å². The molecule has 2 heterocycles. The van der Waals surface area contributed by atoms with E-state index in [4.69, 9.17) is 0 Å². The third-order valence-corrected chi connectivity index (χ3v) is 3.73. The molecule has 7 nitrogen and oxygen atoms in total. The Hall–Kier alpha value is -1.84. The Morgan fingerprint density at radius 3 is 2.74 bits per heavy atom. The third kappa shape index (κ3) is 5.38. The molecule has 10 heteroatoms. The predicted molar refractivity (Wildman–Crippen MR) is 76.7 cm³/mol. The summed E-state index contributed by atoms with van der Waals surface area (Å²) in [6.07, 6.45) is -1.25. The Labute approximate surface area is 132 Å². The molecule has 1 saturated heterocycles. The number of rotatable bonds is 4. The molecule has 1 aliphatic heterocycles. The number of urea groups is 1. The van der Waals surface area contributed by atoms with Crippen molar-refractivity contribution in [1.82, 2.24) is 29.9 Å². The van der Waals surface area contributed by atoms with Gasteiger partial charge in [-0.15, -0.1) is 0 Å². The summed E-state index contributed by atoms with van der Waals surface area (Å²) < 4.78 is 39.0. The maximum Gasteiger partial charge on any atom is 0.401 e. The summed E-state index contributed by atoms with van der Waals surface area (Å²) in [5, 5.41) is 6.79. The van der Waals surface area contributed by atoms with Crippen molar-refractivity contribution in [3.8, 4) is 0 Å². The second kappa shape index (κ2) is 7.16. The van der Waals surface area contributed by atoms with Crippen LogP contribution in [0.15, 0.2) is 12.7 Å². The van der Waals surface area contributed by atoms with Crippen LogP contribution in [0, 0.1) is 0 Å². The average Bonchev–Trinajstić information content (AvgIpc) is 2.92. The van der Waals surface area contributed by atoms with Crippen LogP contribution in [0.4, 0.5) is 18.0 Å². The van der Waals surface area contributed by atoms with Crippen molar-refractivity contribution < 1.29 is 18.0 Å². The van der Waals surface area contributed by atoms with Crippen molar-refractivity contribution >= 4 is 6.03 Å². The standard InChI is InChI=1S/C13H21F3N6O/c1-10(5-22-9-17-8-18-22)19-12(23)20-3-4-21(11(2)6-20)7-13(14,15)16/h8-11H,3-7H2,1-2H3,(H,19,23)/t10-,11-/m1/s1. The van der Waals surface area contributed by atoms with E-state index in [-0.39, 0.29) is 37.7 Å². The number of hydrogen-bond acceptors (Lipinski definition) is 4. The normalized spacial score (nSPS) is 21.3. The smallest absolute Gasteiger partial charge is 0.334 e. The van der Waals surface area contributed by atoms with Crippen LogP contribution in [0.2, 0.25) is 0 Å². The molecule has 0 bridgehead atoms. The van der Waals surface area contributed by atoms with Crippen LogP contribution in [-0.4, -0.2) is 75.0 Å². The molecule has 1 aliphatic rings. The maximum absolute atomic E-state index is 12.5. The molecule has 2 atom stereocenters. The quantitative estimate of drug-likeness (QED) is 0.890. The molecule has 1 N–H and O–H groups in total. The number of hydrogen-bond donors (Lipinski definition) is 1. The SMILES string of the molecule is C[C@H](Cn1cncn1)NC(=O)N1CCN(CC(F)(F)F)[C@H](C)C1. The molecule has 0 aliphatic carbocycles. The van der Waals surface area contributed by atoms with Gasteiger partial charge in [0.15, 0.2) is 0 Å². The molecule has 0 aromatic carbocycles. The van der Waals surface area contributed by atoms with E-state index in [1.165, 1.54) is 11.2 Å². The third-order valence-electron chi connectivity index (χ3n) is 3.73. The van der Waals surface area contributed by atoms with Crippen molar-refractivity contribution in [2.75, 3.05) is 26.2 Å². The molecule has 1 fully saturated rings. The Balaban J connectivity index is 1.80. The Bertz CT molecular complexity index is 506. The highest BCUT2D eigenvalue weighted by atomic mass is 19.4. The van der Waals surface area contributed by atoms with E-state index in [2.05, 4.69) is 15.4 Å². The minimum absolute atomic E-state index is 0.160. The molecule has 0 radical (unpaired) electrons. The van der Waals surface area contributed by atoms with Gasteiger partial charge in [-0.25, -0.2) is 9.78 Å². The zero-order valence-electron chi connectivity index (χ0n) is 13.1. The number of halogens is 3. The van der Waals surface area contributed by atoms with Gasteiger partial charge < -0.3 is 10.2 Å². The summed E-state index contributed by atoms with van der Waals surface area (Å²) in [7, 11) is 0. The van der Waals surface area contributed by atoms with E-state index >= 15 is 0 Å². The first-order chi connectivity index (χ1) is 10.7. The number of carbonyl (C=O) groups excluding carboxylic acids is 1. The number of nitrogens with one attached hydrogen (secondary N) is 1. The molecule has 1 aromatic heterocycles. The molecule has 2 amide bonds. The Morgan fingerprint density at radius 2 is 2.17 bits per heavy atom. The fraction of sp³-hybridized carbons (Fsp3) is 0.769. The van der Waals surface area contributed by atoms with Gasteiger partial charge in [-0.3, -0.25) is 9.58 Å². The highest BCUT2D eigenvalue weighted by Crippen LogP contribution is 2.20. The number of aromatic nitrogens is 3. The van der Waals surface area contributed by atoms with Crippen LogP contribution in [0.1, 0.15) is 13.8 Å². The van der Waals surface area contributed by atoms with Crippen LogP contribution in [0.5, 0.6) is 0 Å². The summed E-state index contributed by atoms with van der Waals surface area (Å²) in [5.41, 5.74) is 0. The largest absolute Gasteiger partial charge is 0.401 e. The lowest BCUT2D eigenvalue weighted by Crippen LogP contribution is -2.58. The fourth-order valence-electron chi connectivity index (χ4n) is 2.60. The molecule has 130 valence electrons. The van der Waals surface area contributed by atoms with Crippen LogP contribution in [0.3, 0.4) is 0 Å². The summed E-state index contributed by atoms with van der Waals surface area (Å²) in [6.45, 7) is 3.85. The number of piperazine rings is 1. The molecule has 1 aromatic rings. The van der Waals surface area contributed by atoms with E-state index in [9.17, 15) is 18.0 Å². The first kappa shape index (κ1) is 17.5. The monoisotopic (exact) mass is 334 g/mol. The van der Waals surface area contributed by atoms with Gasteiger partial charge in [-0.05, 0) is 13.8 Å². The van der Waals surface area contributed by atoms with Crippen LogP contribution < -0.4 is 5.32 Å². The first-order valence-electron chi connectivity index (χ1n) is 7.43. The van der Waals surface area contributed by atoms with Crippen molar-refractivity contribution in [2.45, 2.75) is 38.7 Å². The van der Waals surface area contributed by atoms with E-state index in [1.807, 2.05) is 6.92 Å². The molecule has 0 unspecified atom stereocenters. The van der Waals surface area contributed by atoms with Gasteiger partial charge in [0, 0.05) is 31.7 Å². The lowest BCUT2D eigenvalue weighted by molar-refractivity contribution is -0.153. The Kier molecular flexibility index (Phi) is 5.45. The summed E-state index contributed by atoms with van der Waals surface area (Å²) in [4.78, 5) is 18.9. The second-order valence-corrected chi connectivity index (χ2v) is 5.85. The molecule has 0 spiro atoms. The molecule has 0 saturated carbocycles. The summed E-state index contributed by atoms with van der Waals surface area (Å²) in [6, 6.07) is -0.759. The number of carbonyl (C=O) groups is 1. The zero-order valence-corrected chi connectivity index (χ0v) is 13.1. The lowest BCUT2D eigenvalue weighted by Gasteiger charge is -2.40. The molecule has 2 rings (SSSR count). The van der Waals surface area contributed by atoms with E-state index in [0.29, 0.717) is 6.54 Å². The predicted octanol–water partition coefficient (Wildman–Crippen LogP) is 0.945. The maximum atomic E-state index is 12.5. The highest BCUT2D eigenvalue weighted by Gasteiger charge is 2.36.